The van der Waals surface area contributed by atoms with Gasteiger partial charge in [-0.3, -0.25) is 0 Å². The Morgan fingerprint density at radius 3 is 2.39 bits per heavy atom. The summed E-state index contributed by atoms with van der Waals surface area (Å²) in [5.74, 6) is 0. The summed E-state index contributed by atoms with van der Waals surface area (Å²) in [6.45, 7) is 6.51. The highest BCUT2D eigenvalue weighted by atomic mass is 32.1. The van der Waals surface area contributed by atoms with E-state index < -0.39 is 0 Å². The zero-order valence-electron chi connectivity index (χ0n) is 11.3. The molecule has 0 bridgehead atoms. The van der Waals surface area contributed by atoms with Crippen LogP contribution in [0.2, 0.25) is 0 Å². The SMILES string of the molecule is CNC(c1ccccc1)c1snnc1C(C)(C)C. The van der Waals surface area contributed by atoms with Gasteiger partial charge in [0.2, 0.25) is 0 Å². The van der Waals surface area contributed by atoms with Crippen LogP contribution in [0, 0.1) is 0 Å². The van der Waals surface area contributed by atoms with Crippen LogP contribution in [0.25, 0.3) is 0 Å². The van der Waals surface area contributed by atoms with Gasteiger partial charge in [-0.05, 0) is 24.1 Å². The summed E-state index contributed by atoms with van der Waals surface area (Å²) in [5.41, 5.74) is 2.35. The van der Waals surface area contributed by atoms with E-state index in [-0.39, 0.29) is 11.5 Å². The summed E-state index contributed by atoms with van der Waals surface area (Å²) in [6.07, 6.45) is 0. The zero-order chi connectivity index (χ0) is 13.2. The van der Waals surface area contributed by atoms with Gasteiger partial charge in [-0.15, -0.1) is 5.10 Å². The second-order valence-electron chi connectivity index (χ2n) is 5.37. The van der Waals surface area contributed by atoms with Crippen LogP contribution < -0.4 is 5.32 Å². The predicted octanol–water partition coefficient (Wildman–Crippen LogP) is 3.14. The third-order valence-corrected chi connectivity index (χ3v) is 3.70. The van der Waals surface area contributed by atoms with E-state index in [0.29, 0.717) is 0 Å². The predicted molar refractivity (Wildman–Crippen MR) is 76.0 cm³/mol. The van der Waals surface area contributed by atoms with Crippen molar-refractivity contribution < 1.29 is 0 Å². The van der Waals surface area contributed by atoms with Crippen LogP contribution in [0.15, 0.2) is 30.3 Å². The lowest BCUT2D eigenvalue weighted by Gasteiger charge is -2.21. The molecule has 18 heavy (non-hydrogen) atoms. The first-order valence-corrected chi connectivity index (χ1v) is 6.86. The van der Waals surface area contributed by atoms with Crippen molar-refractivity contribution in [3.63, 3.8) is 0 Å². The summed E-state index contributed by atoms with van der Waals surface area (Å²) in [4.78, 5) is 1.20. The molecule has 2 aromatic rings. The van der Waals surface area contributed by atoms with E-state index in [1.54, 1.807) is 0 Å². The lowest BCUT2D eigenvalue weighted by atomic mass is 9.89. The molecule has 0 amide bonds. The highest BCUT2D eigenvalue weighted by molar-refractivity contribution is 7.05. The number of hydrogen-bond acceptors (Lipinski definition) is 4. The number of nitrogens with one attached hydrogen (secondary N) is 1. The molecule has 0 aliphatic rings. The summed E-state index contributed by atoms with van der Waals surface area (Å²) in [7, 11) is 1.98. The van der Waals surface area contributed by atoms with Crippen LogP contribution in [-0.4, -0.2) is 16.6 Å². The highest BCUT2D eigenvalue weighted by Crippen LogP contribution is 2.33. The molecule has 0 fully saturated rings. The van der Waals surface area contributed by atoms with Crippen LogP contribution in [0.3, 0.4) is 0 Å². The lowest BCUT2D eigenvalue weighted by Crippen LogP contribution is -2.22. The number of benzene rings is 1. The fraction of sp³-hybridized carbons (Fsp3) is 0.429. The second-order valence-corrected chi connectivity index (χ2v) is 6.15. The molecule has 0 aliphatic carbocycles. The molecule has 96 valence electrons. The van der Waals surface area contributed by atoms with Gasteiger partial charge in [0.25, 0.3) is 0 Å². The van der Waals surface area contributed by atoms with Crippen LogP contribution in [0.5, 0.6) is 0 Å². The molecule has 0 spiro atoms. The molecule has 1 unspecified atom stereocenters. The first-order valence-electron chi connectivity index (χ1n) is 6.09. The fourth-order valence-corrected chi connectivity index (χ4v) is 3.00. The Bertz CT molecular complexity index is 499. The Balaban J connectivity index is 2.44. The molecule has 0 radical (unpaired) electrons. The molecule has 4 heteroatoms. The van der Waals surface area contributed by atoms with E-state index in [1.165, 1.54) is 22.0 Å². The van der Waals surface area contributed by atoms with E-state index in [4.69, 9.17) is 0 Å². The Labute approximate surface area is 112 Å². The third-order valence-electron chi connectivity index (χ3n) is 2.91. The van der Waals surface area contributed by atoms with Crippen LogP contribution >= 0.6 is 11.5 Å². The molecular formula is C14H19N3S. The van der Waals surface area contributed by atoms with Crippen molar-refractivity contribution in [2.45, 2.75) is 32.2 Å². The molecule has 1 aromatic carbocycles. The van der Waals surface area contributed by atoms with Crippen molar-refractivity contribution in [3.8, 4) is 0 Å². The van der Waals surface area contributed by atoms with E-state index >= 15 is 0 Å². The Kier molecular flexibility index (Phi) is 3.78. The van der Waals surface area contributed by atoms with Crippen LogP contribution in [0.4, 0.5) is 0 Å². The monoisotopic (exact) mass is 261 g/mol. The summed E-state index contributed by atoms with van der Waals surface area (Å²) in [5, 5.41) is 7.67. The standard InChI is InChI=1S/C14H19N3S/c1-14(2,3)13-12(18-17-16-13)11(15-4)10-8-6-5-7-9-10/h5-9,11,15H,1-4H3. The minimum Gasteiger partial charge on any atom is -0.309 e. The minimum atomic E-state index is 0.0201. The average molecular weight is 261 g/mol. The summed E-state index contributed by atoms with van der Waals surface area (Å²) in [6, 6.07) is 10.6. The van der Waals surface area contributed by atoms with Crippen molar-refractivity contribution in [3.05, 3.63) is 46.5 Å². The quantitative estimate of drug-likeness (QED) is 0.922. The molecular weight excluding hydrogens is 242 g/mol. The number of hydrogen-bond donors (Lipinski definition) is 1. The first kappa shape index (κ1) is 13.2. The van der Waals surface area contributed by atoms with Gasteiger partial charge in [0.15, 0.2) is 0 Å². The Morgan fingerprint density at radius 2 is 1.83 bits per heavy atom. The van der Waals surface area contributed by atoms with Gasteiger partial charge in [0.1, 0.15) is 0 Å². The van der Waals surface area contributed by atoms with Crippen LogP contribution in [0.1, 0.15) is 42.9 Å². The van der Waals surface area contributed by atoms with Gasteiger partial charge in [-0.2, -0.15) is 0 Å². The number of nitrogens with zero attached hydrogens (tertiary/aromatic N) is 2. The maximum atomic E-state index is 4.31. The molecule has 3 nitrogen and oxygen atoms in total. The van der Waals surface area contributed by atoms with Gasteiger partial charge >= 0.3 is 0 Å². The van der Waals surface area contributed by atoms with Gasteiger partial charge in [-0.1, -0.05) is 55.6 Å². The number of rotatable bonds is 3. The molecule has 2 rings (SSSR count). The molecule has 1 heterocycles. The van der Waals surface area contributed by atoms with E-state index in [9.17, 15) is 0 Å². The second kappa shape index (κ2) is 5.16. The van der Waals surface area contributed by atoms with E-state index in [2.05, 4.69) is 59.9 Å². The lowest BCUT2D eigenvalue weighted by molar-refractivity contribution is 0.549. The first-order chi connectivity index (χ1) is 8.54. The largest absolute Gasteiger partial charge is 0.309 e. The molecule has 1 aromatic heterocycles. The van der Waals surface area contributed by atoms with Crippen molar-refractivity contribution in [2.24, 2.45) is 0 Å². The van der Waals surface area contributed by atoms with Crippen molar-refractivity contribution in [1.29, 1.82) is 0 Å². The molecule has 0 saturated heterocycles. The maximum Gasteiger partial charge on any atom is 0.0860 e. The molecule has 0 saturated carbocycles. The van der Waals surface area contributed by atoms with Crippen molar-refractivity contribution in [2.75, 3.05) is 7.05 Å². The topological polar surface area (TPSA) is 37.8 Å². The van der Waals surface area contributed by atoms with E-state index in [1.807, 2.05) is 13.1 Å². The van der Waals surface area contributed by atoms with Gasteiger partial charge in [0.05, 0.1) is 16.6 Å². The molecule has 0 aliphatic heterocycles. The normalized spacial score (nSPS) is 13.6. The third kappa shape index (κ3) is 2.60. The fourth-order valence-electron chi connectivity index (χ4n) is 2.00. The van der Waals surface area contributed by atoms with Crippen molar-refractivity contribution >= 4 is 11.5 Å². The van der Waals surface area contributed by atoms with E-state index in [0.717, 1.165) is 5.69 Å². The summed E-state index contributed by atoms with van der Waals surface area (Å²) >= 11 is 1.48. The minimum absolute atomic E-state index is 0.0201. The smallest absolute Gasteiger partial charge is 0.0860 e. The van der Waals surface area contributed by atoms with Gasteiger partial charge in [0, 0.05) is 5.41 Å². The van der Waals surface area contributed by atoms with Crippen LogP contribution in [-0.2, 0) is 5.41 Å². The maximum absolute atomic E-state index is 4.31. The average Bonchev–Trinajstić information content (AvgIpc) is 2.80. The highest BCUT2D eigenvalue weighted by Gasteiger charge is 2.27. The Hall–Kier alpha value is -1.26. The molecule has 1 atom stereocenters. The van der Waals surface area contributed by atoms with Crippen molar-refractivity contribution in [1.82, 2.24) is 14.9 Å². The van der Waals surface area contributed by atoms with Gasteiger partial charge < -0.3 is 5.32 Å². The number of aromatic nitrogens is 2. The zero-order valence-corrected chi connectivity index (χ0v) is 12.1. The summed E-state index contributed by atoms with van der Waals surface area (Å²) < 4.78 is 4.13. The van der Waals surface area contributed by atoms with Gasteiger partial charge in [-0.25, -0.2) is 0 Å². The molecule has 1 N–H and O–H groups in total. The Morgan fingerprint density at radius 1 is 1.17 bits per heavy atom.